The molecule has 17 nitrogen and oxygen atoms in total. The van der Waals surface area contributed by atoms with Crippen molar-refractivity contribution in [1.29, 1.82) is 5.41 Å². The molecule has 0 aliphatic carbocycles. The Morgan fingerprint density at radius 2 is 1.56 bits per heavy atom. The first-order chi connectivity index (χ1) is 26.8. The van der Waals surface area contributed by atoms with E-state index in [0.717, 1.165) is 11.1 Å². The van der Waals surface area contributed by atoms with E-state index in [4.69, 9.17) is 22.7 Å². The van der Waals surface area contributed by atoms with E-state index in [1.54, 1.807) is 55.0 Å². The summed E-state index contributed by atoms with van der Waals surface area (Å²) < 4.78 is 6.13. The zero-order chi connectivity index (χ0) is 39.8. The van der Waals surface area contributed by atoms with Crippen molar-refractivity contribution < 1.29 is 24.3 Å². The van der Waals surface area contributed by atoms with Crippen molar-refractivity contribution in [1.82, 2.24) is 34.0 Å². The number of phenols is 1. The molecule has 1 aliphatic heterocycles. The molecule has 1 aliphatic rings. The molecule has 1 unspecified atom stereocenters. The van der Waals surface area contributed by atoms with Crippen LogP contribution in [0.3, 0.4) is 0 Å². The van der Waals surface area contributed by atoms with Crippen LogP contribution in [0.15, 0.2) is 73.2 Å². The lowest BCUT2D eigenvalue weighted by Gasteiger charge is -2.17. The molecule has 0 bridgehead atoms. The van der Waals surface area contributed by atoms with Crippen LogP contribution in [0.25, 0.3) is 10.9 Å². The number of aromatic hydroxyl groups is 1. The van der Waals surface area contributed by atoms with Gasteiger partial charge < -0.3 is 40.8 Å². The molecule has 6 aromatic rings. The van der Waals surface area contributed by atoms with Crippen molar-refractivity contribution in [3.8, 4) is 5.75 Å². The molecule has 2 aromatic carbocycles. The van der Waals surface area contributed by atoms with E-state index in [9.17, 15) is 24.3 Å². The fourth-order valence-corrected chi connectivity index (χ4v) is 7.21. The van der Waals surface area contributed by atoms with Gasteiger partial charge in [-0.15, -0.1) is 24.0 Å². The Balaban J connectivity index is 0.00000549. The Labute approximate surface area is 337 Å². The summed E-state index contributed by atoms with van der Waals surface area (Å²) in [5, 5.41) is 36.4. The highest BCUT2D eigenvalue weighted by atomic mass is 35.5. The number of halogens is 2. The number of carbonyl (C=O) groups excluding carboxylic acids is 4. The first-order valence-corrected chi connectivity index (χ1v) is 18.1. The van der Waals surface area contributed by atoms with Gasteiger partial charge in [0, 0.05) is 82.4 Å². The van der Waals surface area contributed by atoms with Crippen LogP contribution in [-0.4, -0.2) is 82.2 Å². The van der Waals surface area contributed by atoms with Crippen LogP contribution in [0.5, 0.6) is 5.75 Å². The maximum absolute atomic E-state index is 14.0. The minimum Gasteiger partial charge on any atom is -0.506 e. The zero-order valence-corrected chi connectivity index (χ0v) is 32.7. The molecular weight excluding hydrogens is 775 g/mol. The first kappa shape index (κ1) is 40.1. The number of nitrogens with one attached hydrogen (secondary N) is 4. The highest BCUT2D eigenvalue weighted by Gasteiger charge is 2.37. The Kier molecular flexibility index (Phi) is 11.4. The Morgan fingerprint density at radius 1 is 0.930 bits per heavy atom. The highest BCUT2D eigenvalue weighted by Crippen LogP contribution is 2.45. The minimum absolute atomic E-state index is 0. The van der Waals surface area contributed by atoms with Crippen molar-refractivity contribution in [3.05, 3.63) is 107 Å². The summed E-state index contributed by atoms with van der Waals surface area (Å²) in [4.78, 5) is 54.8. The summed E-state index contributed by atoms with van der Waals surface area (Å²) in [6.07, 6.45) is 5.06. The molecule has 4 aromatic heterocycles. The van der Waals surface area contributed by atoms with Crippen LogP contribution in [0.4, 0.5) is 17.1 Å². The van der Waals surface area contributed by atoms with E-state index < -0.39 is 17.7 Å². The fraction of sp³-hybridized carbons (Fsp3) is 0.237. The molecule has 4 amide bonds. The molecule has 7 rings (SSSR count). The van der Waals surface area contributed by atoms with Gasteiger partial charge in [-0.2, -0.15) is 10.2 Å². The predicted octanol–water partition coefficient (Wildman–Crippen LogP) is 4.17. The number of hydrogen-bond donors (Lipinski definition) is 6. The lowest BCUT2D eigenvalue weighted by molar-refractivity contribution is 0.0943. The first-order valence-electron chi connectivity index (χ1n) is 17.6. The van der Waals surface area contributed by atoms with E-state index in [1.165, 1.54) is 32.3 Å². The second-order valence-corrected chi connectivity index (χ2v) is 13.9. The lowest BCUT2D eigenvalue weighted by Crippen LogP contribution is -2.30. The van der Waals surface area contributed by atoms with Gasteiger partial charge in [0.05, 0.1) is 35.6 Å². The van der Waals surface area contributed by atoms with E-state index in [-0.39, 0.29) is 78.3 Å². The molecular formula is C38H40Cl2N12O5. The summed E-state index contributed by atoms with van der Waals surface area (Å²) >= 11 is 6.44. The molecule has 296 valence electrons. The summed E-state index contributed by atoms with van der Waals surface area (Å²) in [5.41, 5.74) is 9.54. The number of rotatable bonds is 12. The molecule has 0 fully saturated rings. The summed E-state index contributed by atoms with van der Waals surface area (Å²) in [7, 11) is 4.85. The van der Waals surface area contributed by atoms with Crippen molar-refractivity contribution in [3.63, 3.8) is 0 Å². The van der Waals surface area contributed by atoms with Crippen molar-refractivity contribution in [2.45, 2.75) is 18.9 Å². The fourth-order valence-electron chi connectivity index (χ4n) is 6.95. The molecule has 19 heteroatoms. The number of carbonyl (C=O) groups is 4. The normalized spacial score (nSPS) is 13.3. The number of alkyl halides is 1. The van der Waals surface area contributed by atoms with E-state index in [0.29, 0.717) is 40.2 Å². The summed E-state index contributed by atoms with van der Waals surface area (Å²) in [5.74, 6) is -1.99. The van der Waals surface area contributed by atoms with E-state index >= 15 is 0 Å². The molecule has 57 heavy (non-hydrogen) atoms. The smallest absolute Gasteiger partial charge is 0.278 e. The number of nitrogens with zero attached hydrogens (tertiary/aromatic N) is 7. The largest absolute Gasteiger partial charge is 0.506 e. The monoisotopic (exact) mass is 814 g/mol. The van der Waals surface area contributed by atoms with Crippen LogP contribution >= 0.6 is 24.0 Å². The number of amidine groups is 1. The predicted molar refractivity (Wildman–Crippen MR) is 218 cm³/mol. The van der Waals surface area contributed by atoms with Crippen LogP contribution < -0.4 is 26.6 Å². The van der Waals surface area contributed by atoms with Gasteiger partial charge in [0.15, 0.2) is 5.69 Å². The number of anilines is 3. The highest BCUT2D eigenvalue weighted by molar-refractivity contribution is 6.19. The van der Waals surface area contributed by atoms with Crippen LogP contribution in [0.1, 0.15) is 65.4 Å². The molecule has 1 atom stereocenters. The second kappa shape index (κ2) is 16.3. The van der Waals surface area contributed by atoms with Crippen molar-refractivity contribution in [2.75, 3.05) is 34.5 Å². The average Bonchev–Trinajstić information content (AvgIpc) is 3.99. The van der Waals surface area contributed by atoms with Crippen molar-refractivity contribution >= 4 is 81.4 Å². The number of aromatic nitrogens is 6. The van der Waals surface area contributed by atoms with Gasteiger partial charge in [0.2, 0.25) is 0 Å². The number of amides is 4. The van der Waals surface area contributed by atoms with Crippen LogP contribution in [0.2, 0.25) is 0 Å². The SMILES string of the molecule is Cl.Cn1cc(NC(=O)c2cc(NC(=O)c3cc(C(=O)N4CC(CCl)c5c4cc(O)c4c5cnn4Cc4ccccc4)nn3C)cn2C)cc1C(=O)NCCC(=N)N. The number of benzene rings is 2. The molecule has 0 saturated carbocycles. The van der Waals surface area contributed by atoms with Gasteiger partial charge in [0.1, 0.15) is 28.3 Å². The number of fused-ring (bicyclic) bond motifs is 3. The Morgan fingerprint density at radius 3 is 2.19 bits per heavy atom. The van der Waals surface area contributed by atoms with Gasteiger partial charge in [-0.1, -0.05) is 30.3 Å². The number of hydrogen-bond acceptors (Lipinski definition) is 8. The third-order valence-electron chi connectivity index (χ3n) is 9.63. The maximum atomic E-state index is 14.0. The number of phenolic OH excluding ortho intramolecular Hbond substituents is 1. The number of nitrogens with two attached hydrogens (primary N) is 1. The quantitative estimate of drug-likeness (QED) is 0.0597. The Bertz CT molecular complexity index is 2540. The average molecular weight is 816 g/mol. The van der Waals surface area contributed by atoms with Crippen LogP contribution in [-0.2, 0) is 27.7 Å². The third kappa shape index (κ3) is 7.92. The summed E-state index contributed by atoms with van der Waals surface area (Å²) in [6, 6.07) is 15.7. The number of aryl methyl sites for hydroxylation is 3. The van der Waals surface area contributed by atoms with E-state index in [1.807, 2.05) is 30.3 Å². The lowest BCUT2D eigenvalue weighted by atomic mass is 9.99. The van der Waals surface area contributed by atoms with Gasteiger partial charge in [-0.3, -0.25) is 34.0 Å². The van der Waals surface area contributed by atoms with Gasteiger partial charge in [-0.05, 0) is 23.3 Å². The molecule has 0 spiro atoms. The molecule has 0 saturated heterocycles. The van der Waals surface area contributed by atoms with Gasteiger partial charge in [0.25, 0.3) is 23.6 Å². The Hall–Kier alpha value is -6.59. The van der Waals surface area contributed by atoms with Gasteiger partial charge >= 0.3 is 0 Å². The topological polar surface area (TPSA) is 223 Å². The van der Waals surface area contributed by atoms with Gasteiger partial charge in [-0.25, -0.2) is 0 Å². The molecule has 5 heterocycles. The molecule has 0 radical (unpaired) electrons. The molecule has 7 N–H and O–H groups in total. The second-order valence-electron chi connectivity index (χ2n) is 13.6. The van der Waals surface area contributed by atoms with Crippen LogP contribution in [0, 0.1) is 5.41 Å². The zero-order valence-electron chi connectivity index (χ0n) is 31.1. The summed E-state index contributed by atoms with van der Waals surface area (Å²) in [6.45, 7) is 0.892. The third-order valence-corrected chi connectivity index (χ3v) is 10.0. The van der Waals surface area contributed by atoms with E-state index in [2.05, 4.69) is 26.1 Å². The standard InChI is InChI=1S/C38H39ClN12O5.ClH/c1-47-19-23(11-28(47)35(53)42-10-9-32(40)41)44-36(54)29-12-24(20-48(29)2)45-37(55)30-13-26(46-49(30)3)38(56)50-18-22(15-39)33-25-16-43-51(17-21-7-5-4-6-8-21)34(25)31(52)14-27(33)50;/h4-8,11-14,16,19-20,22,52H,9-10,15,17-18H2,1-3H3,(H3,40,41)(H,42,53)(H,44,54)(H,45,55);1H. The maximum Gasteiger partial charge on any atom is 0.278 e. The minimum atomic E-state index is -0.564. The van der Waals surface area contributed by atoms with Crippen molar-refractivity contribution in [2.24, 2.45) is 26.9 Å².